The zero-order chi connectivity index (χ0) is 18.1. The van der Waals surface area contributed by atoms with Crippen LogP contribution in [-0.4, -0.2) is 38.4 Å². The third-order valence-corrected chi connectivity index (χ3v) is 5.12. The number of carbonyl (C=O) groups is 1. The minimum atomic E-state index is -0.629. The molecule has 134 valence electrons. The Bertz CT molecular complexity index is 914. The monoisotopic (exact) mass is 353 g/mol. The molecule has 1 saturated heterocycles. The van der Waals surface area contributed by atoms with Crippen LogP contribution in [0.5, 0.6) is 0 Å². The van der Waals surface area contributed by atoms with Crippen LogP contribution in [0.1, 0.15) is 34.9 Å². The minimum Gasteiger partial charge on any atom is -0.388 e. The van der Waals surface area contributed by atoms with E-state index in [0.717, 1.165) is 24.1 Å². The van der Waals surface area contributed by atoms with Crippen molar-refractivity contribution in [2.24, 2.45) is 5.92 Å². The highest BCUT2D eigenvalue weighted by molar-refractivity contribution is 5.94. The summed E-state index contributed by atoms with van der Waals surface area (Å²) >= 11 is 0. The van der Waals surface area contributed by atoms with Gasteiger partial charge in [-0.3, -0.25) is 4.79 Å². The van der Waals surface area contributed by atoms with Gasteiger partial charge in [0.25, 0.3) is 5.91 Å². The predicted molar refractivity (Wildman–Crippen MR) is 95.2 cm³/mol. The predicted octanol–water partition coefficient (Wildman–Crippen LogP) is 3.06. The fourth-order valence-electron chi connectivity index (χ4n) is 3.58. The summed E-state index contributed by atoms with van der Waals surface area (Å²) in [4.78, 5) is 18.7. The van der Waals surface area contributed by atoms with Crippen molar-refractivity contribution < 1.29 is 14.3 Å². The van der Waals surface area contributed by atoms with Crippen LogP contribution < -0.4 is 0 Å². The number of aliphatic hydroxyl groups excluding tert-OH is 1. The van der Waals surface area contributed by atoms with Gasteiger partial charge in [0.1, 0.15) is 11.5 Å². The summed E-state index contributed by atoms with van der Waals surface area (Å²) < 4.78 is 14.9. The van der Waals surface area contributed by atoms with E-state index < -0.39 is 6.10 Å². The molecule has 6 heteroatoms. The Hall–Kier alpha value is -2.73. The molecule has 1 amide bonds. The Labute approximate surface area is 150 Å². The van der Waals surface area contributed by atoms with Crippen LogP contribution in [0.3, 0.4) is 0 Å². The van der Waals surface area contributed by atoms with Gasteiger partial charge in [0.15, 0.2) is 0 Å². The molecule has 1 N–H and O–H groups in total. The first-order valence-electron chi connectivity index (χ1n) is 8.77. The average molecular weight is 353 g/mol. The SMILES string of the molecule is O=C(c1ccc2nccn2c1)N1CCC(C(O)c2ccc(F)cc2)CC1. The largest absolute Gasteiger partial charge is 0.388 e. The number of aromatic nitrogens is 2. The zero-order valence-corrected chi connectivity index (χ0v) is 14.3. The summed E-state index contributed by atoms with van der Waals surface area (Å²) in [6, 6.07) is 9.60. The second-order valence-electron chi connectivity index (χ2n) is 6.74. The minimum absolute atomic E-state index is 0.00433. The molecule has 26 heavy (non-hydrogen) atoms. The normalized spacial score (nSPS) is 16.8. The van der Waals surface area contributed by atoms with E-state index in [4.69, 9.17) is 0 Å². The fourth-order valence-corrected chi connectivity index (χ4v) is 3.58. The molecule has 4 rings (SSSR count). The number of hydrogen-bond acceptors (Lipinski definition) is 3. The van der Waals surface area contributed by atoms with Crippen LogP contribution in [0.15, 0.2) is 55.0 Å². The number of hydrogen-bond donors (Lipinski definition) is 1. The van der Waals surface area contributed by atoms with Crippen molar-refractivity contribution >= 4 is 11.6 Å². The van der Waals surface area contributed by atoms with Crippen LogP contribution in [0.25, 0.3) is 5.65 Å². The van der Waals surface area contributed by atoms with E-state index in [9.17, 15) is 14.3 Å². The van der Waals surface area contributed by atoms with E-state index in [1.807, 2.05) is 21.6 Å². The van der Waals surface area contributed by atoms with Crippen LogP contribution >= 0.6 is 0 Å². The van der Waals surface area contributed by atoms with Crippen molar-refractivity contribution in [3.05, 3.63) is 71.9 Å². The quantitative estimate of drug-likeness (QED) is 0.787. The fraction of sp³-hybridized carbons (Fsp3) is 0.300. The van der Waals surface area contributed by atoms with Gasteiger partial charge in [-0.15, -0.1) is 0 Å². The molecule has 1 atom stereocenters. The first kappa shape index (κ1) is 16.7. The Morgan fingerprint density at radius 3 is 2.62 bits per heavy atom. The number of amides is 1. The van der Waals surface area contributed by atoms with Gasteiger partial charge < -0.3 is 14.4 Å². The summed E-state index contributed by atoms with van der Waals surface area (Å²) in [6.07, 6.45) is 6.12. The molecule has 1 aromatic carbocycles. The molecule has 2 aromatic heterocycles. The number of imidazole rings is 1. The van der Waals surface area contributed by atoms with Gasteiger partial charge in [-0.25, -0.2) is 9.37 Å². The van der Waals surface area contributed by atoms with Crippen molar-refractivity contribution in [3.63, 3.8) is 0 Å². The van der Waals surface area contributed by atoms with E-state index in [2.05, 4.69) is 4.98 Å². The van der Waals surface area contributed by atoms with Crippen molar-refractivity contribution in [2.75, 3.05) is 13.1 Å². The number of pyridine rings is 1. The maximum Gasteiger partial charge on any atom is 0.255 e. The first-order valence-corrected chi connectivity index (χ1v) is 8.77. The highest BCUT2D eigenvalue weighted by atomic mass is 19.1. The summed E-state index contributed by atoms with van der Waals surface area (Å²) in [5, 5.41) is 10.5. The molecule has 1 fully saturated rings. The standard InChI is InChI=1S/C20H20FN3O2/c21-17-4-1-14(2-5-17)19(25)15-7-10-23(11-8-15)20(26)16-3-6-18-22-9-12-24(18)13-16/h1-6,9,12-13,15,19,25H,7-8,10-11H2. The Balaban J connectivity index is 1.41. The number of likely N-dealkylation sites (tertiary alicyclic amines) is 1. The van der Waals surface area contributed by atoms with E-state index in [0.29, 0.717) is 18.7 Å². The average Bonchev–Trinajstić information content (AvgIpc) is 3.15. The molecular formula is C20H20FN3O2. The van der Waals surface area contributed by atoms with E-state index in [1.165, 1.54) is 12.1 Å². The smallest absolute Gasteiger partial charge is 0.255 e. The Morgan fingerprint density at radius 2 is 1.88 bits per heavy atom. The van der Waals surface area contributed by atoms with Crippen molar-refractivity contribution in [1.82, 2.24) is 14.3 Å². The lowest BCUT2D eigenvalue weighted by Crippen LogP contribution is -2.39. The van der Waals surface area contributed by atoms with Crippen LogP contribution in [0.2, 0.25) is 0 Å². The second kappa shape index (κ2) is 6.88. The third kappa shape index (κ3) is 3.20. The molecule has 1 unspecified atom stereocenters. The highest BCUT2D eigenvalue weighted by Gasteiger charge is 2.28. The summed E-state index contributed by atoms with van der Waals surface area (Å²) in [6.45, 7) is 1.20. The molecule has 5 nitrogen and oxygen atoms in total. The maximum absolute atomic E-state index is 13.0. The third-order valence-electron chi connectivity index (χ3n) is 5.12. The molecule has 1 aliphatic heterocycles. The van der Waals surface area contributed by atoms with E-state index in [-0.39, 0.29) is 17.6 Å². The molecule has 0 aliphatic carbocycles. The zero-order valence-electron chi connectivity index (χ0n) is 14.3. The number of carbonyl (C=O) groups excluding carboxylic acids is 1. The number of benzene rings is 1. The maximum atomic E-state index is 13.0. The molecule has 3 aromatic rings. The van der Waals surface area contributed by atoms with Gasteiger partial charge >= 0.3 is 0 Å². The Kier molecular flexibility index (Phi) is 4.42. The van der Waals surface area contributed by atoms with Gasteiger partial charge in [-0.2, -0.15) is 0 Å². The number of piperidine rings is 1. The summed E-state index contributed by atoms with van der Waals surface area (Å²) in [7, 11) is 0. The number of nitrogens with zero attached hydrogens (tertiary/aromatic N) is 3. The summed E-state index contributed by atoms with van der Waals surface area (Å²) in [5.41, 5.74) is 2.16. The molecule has 0 radical (unpaired) electrons. The van der Waals surface area contributed by atoms with Gasteiger partial charge in [-0.1, -0.05) is 12.1 Å². The van der Waals surface area contributed by atoms with Crippen LogP contribution in [0.4, 0.5) is 4.39 Å². The van der Waals surface area contributed by atoms with E-state index >= 15 is 0 Å². The van der Waals surface area contributed by atoms with Crippen molar-refractivity contribution in [3.8, 4) is 0 Å². The highest BCUT2D eigenvalue weighted by Crippen LogP contribution is 2.31. The van der Waals surface area contributed by atoms with Gasteiger partial charge in [0, 0.05) is 31.7 Å². The number of fused-ring (bicyclic) bond motifs is 1. The van der Waals surface area contributed by atoms with Crippen molar-refractivity contribution in [1.29, 1.82) is 0 Å². The van der Waals surface area contributed by atoms with Crippen LogP contribution in [-0.2, 0) is 0 Å². The molecule has 0 saturated carbocycles. The first-order chi connectivity index (χ1) is 12.6. The lowest BCUT2D eigenvalue weighted by Gasteiger charge is -2.34. The van der Waals surface area contributed by atoms with Gasteiger partial charge in [-0.05, 0) is 48.6 Å². The van der Waals surface area contributed by atoms with Gasteiger partial charge in [0.05, 0.1) is 11.7 Å². The molecular weight excluding hydrogens is 333 g/mol. The molecule has 0 spiro atoms. The van der Waals surface area contributed by atoms with Crippen molar-refractivity contribution in [2.45, 2.75) is 18.9 Å². The lowest BCUT2D eigenvalue weighted by atomic mass is 9.87. The molecule has 3 heterocycles. The Morgan fingerprint density at radius 1 is 1.15 bits per heavy atom. The molecule has 0 bridgehead atoms. The second-order valence-corrected chi connectivity index (χ2v) is 6.74. The topological polar surface area (TPSA) is 57.8 Å². The number of aliphatic hydroxyl groups is 1. The molecule has 1 aliphatic rings. The van der Waals surface area contributed by atoms with E-state index in [1.54, 1.807) is 30.6 Å². The summed E-state index contributed by atoms with van der Waals surface area (Å²) in [5.74, 6) is -0.243. The lowest BCUT2D eigenvalue weighted by molar-refractivity contribution is 0.0462. The van der Waals surface area contributed by atoms with Crippen LogP contribution in [0, 0.1) is 11.7 Å². The number of halogens is 1. The number of rotatable bonds is 3. The van der Waals surface area contributed by atoms with Gasteiger partial charge in [0.2, 0.25) is 0 Å².